The number of ether oxygens (including phenoxy) is 1. The average molecular weight is 451 g/mol. The Labute approximate surface area is 198 Å². The van der Waals surface area contributed by atoms with Gasteiger partial charge in [0.2, 0.25) is 0 Å². The fourth-order valence-corrected chi connectivity index (χ4v) is 6.01. The highest BCUT2D eigenvalue weighted by atomic mass is 19.1. The lowest BCUT2D eigenvalue weighted by atomic mass is 9.68. The molecule has 2 saturated carbocycles. The van der Waals surface area contributed by atoms with E-state index in [1.807, 2.05) is 24.3 Å². The highest BCUT2D eigenvalue weighted by molar-refractivity contribution is 5.75. The topological polar surface area (TPSA) is 26.3 Å². The number of hydrogen-bond donors (Lipinski definition) is 0. The molecule has 2 nitrogen and oxygen atoms in total. The van der Waals surface area contributed by atoms with E-state index in [0.717, 1.165) is 41.7 Å². The molecule has 33 heavy (non-hydrogen) atoms. The van der Waals surface area contributed by atoms with E-state index in [2.05, 4.69) is 6.92 Å². The monoisotopic (exact) mass is 450 g/mol. The summed E-state index contributed by atoms with van der Waals surface area (Å²) in [5.74, 6) is 2.95. The second-order valence-electron chi connectivity index (χ2n) is 10.3. The third kappa shape index (κ3) is 6.68. The van der Waals surface area contributed by atoms with E-state index in [4.69, 9.17) is 4.74 Å². The third-order valence-corrected chi connectivity index (χ3v) is 8.13. The molecule has 4 rings (SSSR count). The Kier molecular flexibility index (Phi) is 8.58. The maximum atomic E-state index is 13.1. The van der Waals surface area contributed by atoms with Gasteiger partial charge in [-0.15, -0.1) is 0 Å². The highest BCUT2D eigenvalue weighted by Crippen LogP contribution is 2.42. The molecule has 2 aromatic rings. The van der Waals surface area contributed by atoms with Crippen molar-refractivity contribution in [2.45, 2.75) is 84.0 Å². The van der Waals surface area contributed by atoms with Crippen molar-refractivity contribution in [1.82, 2.24) is 0 Å². The zero-order valence-electron chi connectivity index (χ0n) is 20.1. The standard InChI is InChI=1S/C30H39FO2/c1-2-3-4-5-22-6-8-23(9-7-22)24-10-12-27(13-11-24)30(32)33-29-20-16-26(17-21-29)25-14-18-28(31)19-15-25/h14-24,27H,2-13H2,1H3. The first-order valence-corrected chi connectivity index (χ1v) is 13.2. The molecule has 0 N–H and O–H groups in total. The Hall–Kier alpha value is -2.16. The van der Waals surface area contributed by atoms with E-state index in [1.165, 1.54) is 76.3 Å². The minimum absolute atomic E-state index is 0.0309. The average Bonchev–Trinajstić information content (AvgIpc) is 2.86. The molecular weight excluding hydrogens is 411 g/mol. The Bertz CT molecular complexity index is 857. The van der Waals surface area contributed by atoms with E-state index in [1.54, 1.807) is 12.1 Å². The molecule has 2 aromatic carbocycles. The summed E-state index contributed by atoms with van der Waals surface area (Å²) >= 11 is 0. The molecule has 2 aliphatic carbocycles. The number of halogens is 1. The van der Waals surface area contributed by atoms with Crippen LogP contribution in [0, 0.1) is 29.5 Å². The van der Waals surface area contributed by atoms with Crippen LogP contribution in [0.5, 0.6) is 5.75 Å². The van der Waals surface area contributed by atoms with Gasteiger partial charge in [0, 0.05) is 0 Å². The van der Waals surface area contributed by atoms with Crippen LogP contribution in [0.15, 0.2) is 48.5 Å². The number of hydrogen-bond acceptors (Lipinski definition) is 2. The van der Waals surface area contributed by atoms with Crippen molar-refractivity contribution in [1.29, 1.82) is 0 Å². The molecule has 0 atom stereocenters. The summed E-state index contributed by atoms with van der Waals surface area (Å²) in [5, 5.41) is 0. The maximum Gasteiger partial charge on any atom is 0.314 e. The van der Waals surface area contributed by atoms with Gasteiger partial charge in [0.15, 0.2) is 0 Å². The van der Waals surface area contributed by atoms with Crippen LogP contribution < -0.4 is 4.74 Å². The number of rotatable bonds is 8. The second kappa shape index (κ2) is 11.8. The van der Waals surface area contributed by atoms with Gasteiger partial charge in [0.1, 0.15) is 11.6 Å². The molecule has 0 radical (unpaired) electrons. The fourth-order valence-electron chi connectivity index (χ4n) is 6.01. The van der Waals surface area contributed by atoms with Gasteiger partial charge in [0.25, 0.3) is 0 Å². The first kappa shape index (κ1) is 24.0. The Morgan fingerprint density at radius 3 is 1.91 bits per heavy atom. The lowest BCUT2D eigenvalue weighted by Crippen LogP contribution is -2.30. The fraction of sp³-hybridized carbons (Fsp3) is 0.567. The van der Waals surface area contributed by atoms with Gasteiger partial charge in [-0.05, 0) is 91.7 Å². The van der Waals surface area contributed by atoms with Gasteiger partial charge < -0.3 is 4.74 Å². The predicted octanol–water partition coefficient (Wildman–Crippen LogP) is 8.59. The summed E-state index contributed by atoms with van der Waals surface area (Å²) in [7, 11) is 0. The van der Waals surface area contributed by atoms with E-state index in [9.17, 15) is 9.18 Å². The van der Waals surface area contributed by atoms with E-state index in [-0.39, 0.29) is 17.7 Å². The van der Waals surface area contributed by atoms with Gasteiger partial charge in [-0.2, -0.15) is 0 Å². The molecular formula is C30H39FO2. The quantitative estimate of drug-likeness (QED) is 0.229. The van der Waals surface area contributed by atoms with Crippen molar-refractivity contribution in [3.05, 3.63) is 54.3 Å². The molecule has 178 valence electrons. The first-order chi connectivity index (χ1) is 16.1. The molecule has 2 aliphatic rings. The van der Waals surface area contributed by atoms with Crippen LogP contribution >= 0.6 is 0 Å². The highest BCUT2D eigenvalue weighted by Gasteiger charge is 2.33. The summed E-state index contributed by atoms with van der Waals surface area (Å²) in [4.78, 5) is 12.7. The van der Waals surface area contributed by atoms with Crippen molar-refractivity contribution in [2.24, 2.45) is 23.7 Å². The lowest BCUT2D eigenvalue weighted by molar-refractivity contribution is -0.140. The van der Waals surface area contributed by atoms with Gasteiger partial charge in [-0.1, -0.05) is 69.7 Å². The molecule has 2 fully saturated rings. The normalized spacial score (nSPS) is 25.5. The Balaban J connectivity index is 1.20. The molecule has 0 aromatic heterocycles. The summed E-state index contributed by atoms with van der Waals surface area (Å²) in [6, 6.07) is 13.9. The van der Waals surface area contributed by atoms with Crippen LogP contribution in [-0.2, 0) is 4.79 Å². The van der Waals surface area contributed by atoms with E-state index >= 15 is 0 Å². The van der Waals surface area contributed by atoms with E-state index < -0.39 is 0 Å². The second-order valence-corrected chi connectivity index (χ2v) is 10.3. The Morgan fingerprint density at radius 2 is 1.33 bits per heavy atom. The molecule has 0 amide bonds. The van der Waals surface area contributed by atoms with Crippen molar-refractivity contribution >= 4 is 5.97 Å². The third-order valence-electron chi connectivity index (χ3n) is 8.13. The number of esters is 1. The number of unbranched alkanes of at least 4 members (excludes halogenated alkanes) is 2. The zero-order chi connectivity index (χ0) is 23.0. The van der Waals surface area contributed by atoms with Crippen molar-refractivity contribution in [3.63, 3.8) is 0 Å². The lowest BCUT2D eigenvalue weighted by Gasteiger charge is -2.37. The van der Waals surface area contributed by atoms with Crippen LogP contribution in [0.1, 0.15) is 84.0 Å². The minimum Gasteiger partial charge on any atom is -0.426 e. The van der Waals surface area contributed by atoms with Gasteiger partial charge in [-0.25, -0.2) is 4.39 Å². The summed E-state index contributed by atoms with van der Waals surface area (Å²) in [5.41, 5.74) is 1.93. The number of benzene rings is 2. The maximum absolute atomic E-state index is 13.1. The van der Waals surface area contributed by atoms with Gasteiger partial charge in [-0.3, -0.25) is 4.79 Å². The van der Waals surface area contributed by atoms with Crippen molar-refractivity contribution in [2.75, 3.05) is 0 Å². The molecule has 0 unspecified atom stereocenters. The zero-order valence-corrected chi connectivity index (χ0v) is 20.1. The largest absolute Gasteiger partial charge is 0.426 e. The van der Waals surface area contributed by atoms with E-state index in [0.29, 0.717) is 5.75 Å². The SMILES string of the molecule is CCCCCC1CCC(C2CCC(C(=O)Oc3ccc(-c4ccc(F)cc4)cc3)CC2)CC1. The molecule has 0 spiro atoms. The van der Waals surface area contributed by atoms with Gasteiger partial charge >= 0.3 is 5.97 Å². The summed E-state index contributed by atoms with van der Waals surface area (Å²) in [6.07, 6.45) is 15.5. The smallest absolute Gasteiger partial charge is 0.314 e. The van der Waals surface area contributed by atoms with Crippen LogP contribution in [0.3, 0.4) is 0 Å². The van der Waals surface area contributed by atoms with Crippen molar-refractivity contribution < 1.29 is 13.9 Å². The van der Waals surface area contributed by atoms with Crippen LogP contribution in [0.2, 0.25) is 0 Å². The first-order valence-electron chi connectivity index (χ1n) is 13.2. The predicted molar refractivity (Wildman–Crippen MR) is 133 cm³/mol. The minimum atomic E-state index is -0.242. The number of carbonyl (C=O) groups excluding carboxylic acids is 1. The van der Waals surface area contributed by atoms with Crippen LogP contribution in [0.25, 0.3) is 11.1 Å². The van der Waals surface area contributed by atoms with Crippen molar-refractivity contribution in [3.8, 4) is 16.9 Å². The summed E-state index contributed by atoms with van der Waals surface area (Å²) < 4.78 is 18.8. The molecule has 0 bridgehead atoms. The van der Waals surface area contributed by atoms with Crippen LogP contribution in [-0.4, -0.2) is 5.97 Å². The molecule has 0 heterocycles. The van der Waals surface area contributed by atoms with Crippen LogP contribution in [0.4, 0.5) is 4.39 Å². The molecule has 0 aliphatic heterocycles. The van der Waals surface area contributed by atoms with Gasteiger partial charge in [0.05, 0.1) is 5.92 Å². The Morgan fingerprint density at radius 1 is 0.788 bits per heavy atom. The number of carbonyl (C=O) groups is 1. The summed E-state index contributed by atoms with van der Waals surface area (Å²) in [6.45, 7) is 2.29. The molecule has 0 saturated heterocycles. The molecule has 3 heteroatoms.